The number of fused-ring (bicyclic) bond motifs is 4. The Balaban J connectivity index is 1.16. The summed E-state index contributed by atoms with van der Waals surface area (Å²) in [7, 11) is 0. The van der Waals surface area contributed by atoms with Crippen molar-refractivity contribution in [1.82, 2.24) is 9.88 Å². The minimum Gasteiger partial charge on any atom is -0.393 e. The van der Waals surface area contributed by atoms with Crippen molar-refractivity contribution in [3.05, 3.63) is 30.1 Å². The second-order valence-corrected chi connectivity index (χ2v) is 16.4. The third-order valence-corrected chi connectivity index (χ3v) is 14.8. The third kappa shape index (κ3) is 3.53. The molecule has 2 spiro atoms. The molecule has 2 N–H and O–H groups in total. The molecule has 5 unspecified atom stereocenters. The van der Waals surface area contributed by atoms with Gasteiger partial charge in [0.05, 0.1) is 36.7 Å². The van der Waals surface area contributed by atoms with E-state index in [9.17, 15) is 15.0 Å². The van der Waals surface area contributed by atoms with Crippen LogP contribution in [-0.2, 0) is 16.1 Å². The van der Waals surface area contributed by atoms with E-state index in [-0.39, 0.29) is 40.5 Å². The van der Waals surface area contributed by atoms with Crippen LogP contribution in [0.1, 0.15) is 98.6 Å². The Morgan fingerprint density at radius 3 is 2.49 bits per heavy atom. The van der Waals surface area contributed by atoms with Crippen LogP contribution in [0.2, 0.25) is 0 Å². The molecular formula is C35H52N2O4. The topological polar surface area (TPSA) is 82.9 Å². The molecule has 0 aromatic carbocycles. The molecule has 12 atom stereocenters. The van der Waals surface area contributed by atoms with Crippen LogP contribution >= 0.6 is 0 Å². The zero-order valence-corrected chi connectivity index (χ0v) is 26.1. The summed E-state index contributed by atoms with van der Waals surface area (Å²) in [6, 6.07) is 5.82. The van der Waals surface area contributed by atoms with E-state index in [1.807, 2.05) is 23.1 Å². The van der Waals surface area contributed by atoms with Gasteiger partial charge in [-0.1, -0.05) is 40.7 Å². The number of ether oxygens (including phenoxy) is 1. The summed E-state index contributed by atoms with van der Waals surface area (Å²) < 4.78 is 6.91. The van der Waals surface area contributed by atoms with Gasteiger partial charge in [0, 0.05) is 25.1 Å². The van der Waals surface area contributed by atoms with Crippen molar-refractivity contribution in [1.29, 1.82) is 0 Å². The van der Waals surface area contributed by atoms with Crippen molar-refractivity contribution < 1.29 is 19.7 Å². The summed E-state index contributed by atoms with van der Waals surface area (Å²) in [5.41, 5.74) is 1.36. The lowest BCUT2D eigenvalue weighted by Crippen LogP contribution is -2.59. The largest absolute Gasteiger partial charge is 0.393 e. The average molecular weight is 565 g/mol. The summed E-state index contributed by atoms with van der Waals surface area (Å²) in [5, 5.41) is 23.4. The summed E-state index contributed by atoms with van der Waals surface area (Å²) in [4.78, 5) is 19.0. The molecule has 1 amide bonds. The summed E-state index contributed by atoms with van der Waals surface area (Å²) in [6.45, 7) is 14.6. The minimum atomic E-state index is -0.497. The van der Waals surface area contributed by atoms with Crippen LogP contribution in [0.3, 0.4) is 0 Å². The lowest BCUT2D eigenvalue weighted by Gasteiger charge is -2.63. The first-order valence-electron chi connectivity index (χ1n) is 16.5. The van der Waals surface area contributed by atoms with E-state index in [2.05, 4.69) is 39.6 Å². The highest BCUT2D eigenvalue weighted by molar-refractivity contribution is 5.73. The molecule has 1 aliphatic heterocycles. The van der Waals surface area contributed by atoms with Crippen molar-refractivity contribution in [3.63, 3.8) is 0 Å². The first-order chi connectivity index (χ1) is 19.3. The molecule has 1 aromatic heterocycles. The smallest absolute Gasteiger partial charge is 0.219 e. The maximum Gasteiger partial charge on any atom is 0.219 e. The van der Waals surface area contributed by atoms with Crippen molar-refractivity contribution in [2.75, 3.05) is 6.54 Å². The predicted molar refractivity (Wildman–Crippen MR) is 157 cm³/mol. The molecule has 6 fully saturated rings. The van der Waals surface area contributed by atoms with Gasteiger partial charge in [-0.2, -0.15) is 0 Å². The van der Waals surface area contributed by atoms with E-state index < -0.39 is 6.10 Å². The zero-order chi connectivity index (χ0) is 29.2. The number of rotatable bonds is 4. The van der Waals surface area contributed by atoms with E-state index in [1.54, 1.807) is 13.1 Å². The molecule has 2 heterocycles. The highest BCUT2D eigenvalue weighted by Gasteiger charge is 2.84. The Bertz CT molecular complexity index is 1210. The monoisotopic (exact) mass is 564 g/mol. The fourth-order valence-corrected chi connectivity index (χ4v) is 12.7. The molecule has 5 aliphatic carbocycles. The van der Waals surface area contributed by atoms with Crippen molar-refractivity contribution in [2.45, 2.75) is 124 Å². The predicted octanol–water partition coefficient (Wildman–Crippen LogP) is 5.60. The Labute approximate surface area is 246 Å². The Hall–Kier alpha value is -1.50. The molecular weight excluding hydrogens is 512 g/mol. The van der Waals surface area contributed by atoms with E-state index >= 15 is 0 Å². The number of aliphatic hydroxyl groups is 2. The number of amides is 1. The lowest BCUT2D eigenvalue weighted by molar-refractivity contribution is -0.182. The van der Waals surface area contributed by atoms with E-state index in [0.717, 1.165) is 37.8 Å². The second-order valence-electron chi connectivity index (χ2n) is 16.4. The molecule has 5 saturated carbocycles. The van der Waals surface area contributed by atoms with Crippen LogP contribution in [0.5, 0.6) is 0 Å². The molecule has 6 aliphatic rings. The van der Waals surface area contributed by atoms with Crippen molar-refractivity contribution in [3.8, 4) is 0 Å². The Morgan fingerprint density at radius 2 is 1.78 bits per heavy atom. The summed E-state index contributed by atoms with van der Waals surface area (Å²) in [6.07, 6.45) is 9.84. The number of aromatic nitrogens is 1. The van der Waals surface area contributed by atoms with Crippen LogP contribution < -0.4 is 0 Å². The standard InChI is InChI=1S/C35H52N2O4/c1-21-17-24(19-37(22(2)38)18-23-9-7-8-16-36-23)41-29-28(21)32(5)14-15-35-20-34(35)13-12-27(39)31(3,4)25(34)10-11-26(35)33(32,6)30(29)40/h7-9,16,21,24-30,39-40H,10-15,17-20H2,1-6H3/t21-,24?,25+,26?,27+,28+,29?,30+,32-,33-,34?,35?/m1/s1. The van der Waals surface area contributed by atoms with Crippen LogP contribution in [0, 0.1) is 50.7 Å². The normalized spacial score (nSPS) is 50.9. The van der Waals surface area contributed by atoms with Gasteiger partial charge in [-0.05, 0) is 109 Å². The molecule has 0 bridgehead atoms. The van der Waals surface area contributed by atoms with Gasteiger partial charge >= 0.3 is 0 Å². The van der Waals surface area contributed by atoms with Gasteiger partial charge in [0.1, 0.15) is 0 Å². The van der Waals surface area contributed by atoms with Crippen LogP contribution in [0.15, 0.2) is 24.4 Å². The van der Waals surface area contributed by atoms with Gasteiger partial charge in [0.15, 0.2) is 0 Å². The summed E-state index contributed by atoms with van der Waals surface area (Å²) >= 11 is 0. The van der Waals surface area contributed by atoms with E-state index in [4.69, 9.17) is 4.74 Å². The zero-order valence-electron chi connectivity index (χ0n) is 26.1. The summed E-state index contributed by atoms with van der Waals surface area (Å²) in [5.74, 6) is 1.87. The first-order valence-corrected chi connectivity index (χ1v) is 16.5. The van der Waals surface area contributed by atoms with Crippen LogP contribution in [0.4, 0.5) is 0 Å². The van der Waals surface area contributed by atoms with Gasteiger partial charge in [0.25, 0.3) is 0 Å². The first kappa shape index (κ1) is 28.3. The Kier molecular flexibility index (Phi) is 6.22. The van der Waals surface area contributed by atoms with Crippen LogP contribution in [0.25, 0.3) is 0 Å². The number of aliphatic hydroxyl groups excluding tert-OH is 2. The van der Waals surface area contributed by atoms with E-state index in [1.165, 1.54) is 19.3 Å². The number of nitrogens with zero attached hydrogens (tertiary/aromatic N) is 2. The SMILES string of the molecule is CC(=O)N(Cc1ccccn1)CC1C[C@@H](C)[C@H]2C(O1)[C@H](O)[C@@]1(C)C3CC[C@H]4C(C)(C)[C@@H](O)CCC45CC35CC[C@]21C. The minimum absolute atomic E-state index is 0.0284. The molecule has 6 nitrogen and oxygen atoms in total. The Morgan fingerprint density at radius 1 is 1.05 bits per heavy atom. The highest BCUT2D eigenvalue weighted by atomic mass is 16.5. The fraction of sp³-hybridized carbons (Fsp3) is 0.829. The molecule has 7 rings (SSSR count). The van der Waals surface area contributed by atoms with Crippen molar-refractivity contribution >= 4 is 5.91 Å². The lowest BCUT2D eigenvalue weighted by atomic mass is 9.41. The van der Waals surface area contributed by atoms with Gasteiger partial charge in [-0.3, -0.25) is 9.78 Å². The highest BCUT2D eigenvalue weighted by Crippen LogP contribution is 2.89. The van der Waals surface area contributed by atoms with Gasteiger partial charge < -0.3 is 19.8 Å². The van der Waals surface area contributed by atoms with Crippen LogP contribution in [-0.4, -0.2) is 57.0 Å². The maximum atomic E-state index is 12.7. The molecule has 226 valence electrons. The quantitative estimate of drug-likeness (QED) is 0.497. The number of carbonyl (C=O) groups excluding carboxylic acids is 1. The number of carbonyl (C=O) groups is 1. The number of pyridine rings is 1. The van der Waals surface area contributed by atoms with Gasteiger partial charge in [-0.15, -0.1) is 0 Å². The van der Waals surface area contributed by atoms with Gasteiger partial charge in [0.2, 0.25) is 5.91 Å². The molecule has 6 heteroatoms. The number of hydrogen-bond donors (Lipinski definition) is 2. The average Bonchev–Trinajstić information content (AvgIpc) is 3.56. The second kappa shape index (κ2) is 9.01. The third-order valence-electron chi connectivity index (χ3n) is 14.8. The number of hydrogen-bond acceptors (Lipinski definition) is 5. The molecule has 0 radical (unpaired) electrons. The fourth-order valence-electron chi connectivity index (χ4n) is 12.7. The van der Waals surface area contributed by atoms with E-state index in [0.29, 0.717) is 47.6 Å². The molecule has 1 saturated heterocycles. The maximum absolute atomic E-state index is 12.7. The molecule has 41 heavy (non-hydrogen) atoms. The van der Waals surface area contributed by atoms with Crippen molar-refractivity contribution in [2.24, 2.45) is 50.7 Å². The van der Waals surface area contributed by atoms with Gasteiger partial charge in [-0.25, -0.2) is 0 Å². The molecule has 1 aromatic rings.